The molecular formula is C16H17F3N4. The van der Waals surface area contributed by atoms with Crippen LogP contribution >= 0.6 is 0 Å². The largest absolute Gasteiger partial charge is 0.406 e. The Kier molecular flexibility index (Phi) is 3.07. The van der Waals surface area contributed by atoms with Crippen LogP contribution in [-0.2, 0) is 13.6 Å². The van der Waals surface area contributed by atoms with Gasteiger partial charge in [0.25, 0.3) is 0 Å². The Morgan fingerprint density at radius 2 is 1.87 bits per heavy atom. The van der Waals surface area contributed by atoms with Crippen molar-refractivity contribution in [3.8, 4) is 11.4 Å². The molecule has 5 rings (SSSR count). The van der Waals surface area contributed by atoms with Gasteiger partial charge in [0.05, 0.1) is 6.54 Å². The van der Waals surface area contributed by atoms with Crippen LogP contribution in [0.4, 0.5) is 13.2 Å². The monoisotopic (exact) mass is 322 g/mol. The van der Waals surface area contributed by atoms with E-state index < -0.39 is 11.7 Å². The molecule has 2 bridgehead atoms. The van der Waals surface area contributed by atoms with Gasteiger partial charge in [-0.2, -0.15) is 13.2 Å². The molecule has 0 N–H and O–H groups in total. The van der Waals surface area contributed by atoms with Crippen LogP contribution in [0.3, 0.4) is 0 Å². The fraction of sp³-hybridized carbons (Fsp3) is 0.500. The van der Waals surface area contributed by atoms with Crippen molar-refractivity contribution >= 4 is 0 Å². The van der Waals surface area contributed by atoms with Gasteiger partial charge in [0.15, 0.2) is 5.82 Å². The normalized spacial score (nSPS) is 27.2. The molecule has 4 nitrogen and oxygen atoms in total. The van der Waals surface area contributed by atoms with E-state index in [1.165, 1.54) is 4.90 Å². The third kappa shape index (κ3) is 2.09. The van der Waals surface area contributed by atoms with Crippen LogP contribution < -0.4 is 0 Å². The SMILES string of the molecule is Cn1c(CN2CC3CC2(C(F)(F)F)C3)nnc1-c1ccccc1. The standard InChI is InChI=1S/C16H17F3N4/c1-22-13(20-21-14(22)12-5-3-2-4-6-12)10-23-9-11-7-15(23,8-11)16(17,18)19/h2-6,11H,7-10H2,1H3. The van der Waals surface area contributed by atoms with Crippen molar-refractivity contribution in [1.82, 2.24) is 19.7 Å². The summed E-state index contributed by atoms with van der Waals surface area (Å²) < 4.78 is 42.1. The number of nitrogens with zero attached hydrogens (tertiary/aromatic N) is 4. The van der Waals surface area contributed by atoms with E-state index >= 15 is 0 Å². The van der Waals surface area contributed by atoms with Gasteiger partial charge < -0.3 is 4.57 Å². The van der Waals surface area contributed by atoms with Crippen molar-refractivity contribution in [3.05, 3.63) is 36.2 Å². The molecule has 1 aromatic carbocycles. The van der Waals surface area contributed by atoms with Crippen molar-refractivity contribution in [2.24, 2.45) is 13.0 Å². The maximum atomic E-state index is 13.4. The second-order valence-electron chi connectivity index (χ2n) is 6.55. The number of benzene rings is 1. The Hall–Kier alpha value is -1.89. The lowest BCUT2D eigenvalue weighted by atomic mass is 9.73. The van der Waals surface area contributed by atoms with Crippen molar-refractivity contribution in [1.29, 1.82) is 0 Å². The van der Waals surface area contributed by atoms with Crippen LogP contribution in [0.5, 0.6) is 0 Å². The van der Waals surface area contributed by atoms with Gasteiger partial charge >= 0.3 is 6.18 Å². The van der Waals surface area contributed by atoms with Crippen molar-refractivity contribution < 1.29 is 13.2 Å². The molecule has 3 aliphatic rings. The smallest absolute Gasteiger partial charge is 0.313 e. The third-order valence-electron chi connectivity index (χ3n) is 5.19. The van der Waals surface area contributed by atoms with E-state index in [0.29, 0.717) is 18.2 Å². The number of aromatic nitrogens is 3. The summed E-state index contributed by atoms with van der Waals surface area (Å²) in [6.45, 7) is 0.680. The average molecular weight is 322 g/mol. The van der Waals surface area contributed by atoms with Gasteiger partial charge in [-0.15, -0.1) is 10.2 Å². The van der Waals surface area contributed by atoms with Crippen molar-refractivity contribution in [2.75, 3.05) is 6.54 Å². The molecule has 1 saturated carbocycles. The Morgan fingerprint density at radius 1 is 1.17 bits per heavy atom. The molecule has 7 heteroatoms. The lowest BCUT2D eigenvalue weighted by molar-refractivity contribution is -0.239. The van der Waals surface area contributed by atoms with Crippen LogP contribution in [0.1, 0.15) is 18.7 Å². The lowest BCUT2D eigenvalue weighted by Crippen LogP contribution is -2.57. The summed E-state index contributed by atoms with van der Waals surface area (Å²) in [5.41, 5.74) is -0.735. The molecule has 3 heterocycles. The quantitative estimate of drug-likeness (QED) is 0.871. The predicted molar refractivity (Wildman–Crippen MR) is 78.4 cm³/mol. The third-order valence-corrected chi connectivity index (χ3v) is 5.19. The summed E-state index contributed by atoms with van der Waals surface area (Å²) in [6.07, 6.45) is -3.74. The first kappa shape index (κ1) is 14.7. The highest BCUT2D eigenvalue weighted by Crippen LogP contribution is 2.58. The maximum absolute atomic E-state index is 13.4. The number of alkyl halides is 3. The highest BCUT2D eigenvalue weighted by atomic mass is 19.4. The minimum Gasteiger partial charge on any atom is -0.313 e. The van der Waals surface area contributed by atoms with E-state index in [1.54, 1.807) is 11.6 Å². The molecule has 1 aliphatic carbocycles. The second-order valence-corrected chi connectivity index (χ2v) is 6.55. The average Bonchev–Trinajstić information content (AvgIpc) is 3.12. The summed E-state index contributed by atoms with van der Waals surface area (Å²) in [4.78, 5) is 1.54. The zero-order valence-electron chi connectivity index (χ0n) is 12.7. The Labute approximate surface area is 131 Å². The topological polar surface area (TPSA) is 34.0 Å². The summed E-state index contributed by atoms with van der Waals surface area (Å²) in [5, 5.41) is 8.28. The summed E-state index contributed by atoms with van der Waals surface area (Å²) in [7, 11) is 1.80. The molecule has 0 atom stereocenters. The first-order chi connectivity index (χ1) is 10.9. The summed E-state index contributed by atoms with van der Waals surface area (Å²) >= 11 is 0. The first-order valence-electron chi connectivity index (χ1n) is 7.66. The maximum Gasteiger partial charge on any atom is 0.406 e. The summed E-state index contributed by atoms with van der Waals surface area (Å²) in [6, 6.07) is 9.54. The molecular weight excluding hydrogens is 305 g/mol. The zero-order valence-corrected chi connectivity index (χ0v) is 12.7. The Morgan fingerprint density at radius 3 is 2.52 bits per heavy atom. The molecule has 0 amide bonds. The van der Waals surface area contributed by atoms with Gasteiger partial charge in [-0.05, 0) is 18.8 Å². The number of rotatable bonds is 3. The molecule has 0 unspecified atom stereocenters. The van der Waals surface area contributed by atoms with Gasteiger partial charge in [0.1, 0.15) is 11.4 Å². The molecule has 1 aromatic heterocycles. The van der Waals surface area contributed by atoms with Gasteiger partial charge in [0.2, 0.25) is 0 Å². The highest BCUT2D eigenvalue weighted by molar-refractivity contribution is 5.54. The molecule has 2 aromatic rings. The van der Waals surface area contributed by atoms with Gasteiger partial charge in [-0.3, -0.25) is 4.90 Å². The second kappa shape index (κ2) is 4.80. The molecule has 0 spiro atoms. The summed E-state index contributed by atoms with van der Waals surface area (Å²) in [5.74, 6) is 1.41. The Balaban J connectivity index is 1.60. The number of hydrogen-bond acceptors (Lipinski definition) is 3. The number of halogens is 3. The van der Waals surface area contributed by atoms with Crippen LogP contribution in [0.25, 0.3) is 11.4 Å². The van der Waals surface area contributed by atoms with E-state index in [4.69, 9.17) is 0 Å². The van der Waals surface area contributed by atoms with Crippen LogP contribution in [-0.4, -0.2) is 37.9 Å². The molecule has 2 aliphatic heterocycles. The van der Waals surface area contributed by atoms with Crippen LogP contribution in [0.15, 0.2) is 30.3 Å². The zero-order chi connectivity index (χ0) is 16.2. The van der Waals surface area contributed by atoms with E-state index in [0.717, 1.165) is 5.56 Å². The van der Waals surface area contributed by atoms with Gasteiger partial charge in [-0.25, -0.2) is 0 Å². The predicted octanol–water partition coefficient (Wildman–Crippen LogP) is 3.01. The molecule has 3 fully saturated rings. The first-order valence-corrected chi connectivity index (χ1v) is 7.66. The van der Waals surface area contributed by atoms with Gasteiger partial charge in [-0.1, -0.05) is 30.3 Å². The lowest BCUT2D eigenvalue weighted by Gasteiger charge is -2.43. The van der Waals surface area contributed by atoms with Crippen LogP contribution in [0, 0.1) is 5.92 Å². The van der Waals surface area contributed by atoms with E-state index in [2.05, 4.69) is 10.2 Å². The van der Waals surface area contributed by atoms with Crippen molar-refractivity contribution in [2.45, 2.75) is 31.1 Å². The van der Waals surface area contributed by atoms with Crippen molar-refractivity contribution in [3.63, 3.8) is 0 Å². The molecule has 122 valence electrons. The number of fused-ring (bicyclic) bond motifs is 1. The fourth-order valence-corrected chi connectivity index (χ4v) is 3.90. The molecule has 2 saturated heterocycles. The minimum absolute atomic E-state index is 0.165. The fourth-order valence-electron chi connectivity index (χ4n) is 3.90. The van der Waals surface area contributed by atoms with Crippen LogP contribution in [0.2, 0.25) is 0 Å². The minimum atomic E-state index is -4.18. The van der Waals surface area contributed by atoms with E-state index in [-0.39, 0.29) is 25.3 Å². The Bertz CT molecular complexity index is 717. The van der Waals surface area contributed by atoms with E-state index in [9.17, 15) is 13.2 Å². The van der Waals surface area contributed by atoms with E-state index in [1.807, 2.05) is 30.3 Å². The highest BCUT2D eigenvalue weighted by Gasteiger charge is 2.69. The van der Waals surface area contributed by atoms with Gasteiger partial charge in [0, 0.05) is 19.2 Å². The molecule has 0 radical (unpaired) electrons. The molecule has 23 heavy (non-hydrogen) atoms. The number of hydrogen-bond donors (Lipinski definition) is 0.